The third-order valence-electron chi connectivity index (χ3n) is 4.18. The van der Waals surface area contributed by atoms with Crippen molar-refractivity contribution in [1.29, 1.82) is 0 Å². The van der Waals surface area contributed by atoms with Gasteiger partial charge in [-0.25, -0.2) is 4.98 Å². The summed E-state index contributed by atoms with van der Waals surface area (Å²) in [5.74, 6) is 3.40. The highest BCUT2D eigenvalue weighted by atomic mass is 16.5. The maximum atomic E-state index is 12.3. The molecule has 0 spiro atoms. The Labute approximate surface area is 132 Å². The minimum Gasteiger partial charge on any atom is -0.378 e. The number of hydrogen-bond donors (Lipinski definition) is 1. The highest BCUT2D eigenvalue weighted by molar-refractivity contribution is 5.94. The molecule has 0 aromatic carbocycles. The van der Waals surface area contributed by atoms with Crippen LogP contribution in [0.15, 0.2) is 18.3 Å². The molecule has 2 rings (SSSR count). The Kier molecular flexibility index (Phi) is 5.40. The first-order valence-electron chi connectivity index (χ1n) is 7.73. The Hall–Kier alpha value is -2.06. The number of rotatable bonds is 5. The molecule has 1 aromatic heterocycles. The van der Waals surface area contributed by atoms with Crippen molar-refractivity contribution in [2.45, 2.75) is 32.2 Å². The van der Waals surface area contributed by atoms with E-state index < -0.39 is 5.54 Å². The standard InChI is InChI=1S/C17H23N3O2/c1-4-17(5-2,6-3)19-16(21)14-7-8-15(18-13-14)20-9-11-22-12-10-20/h1,7-8,13H,5-6,9-12H2,2-3H3,(H,19,21). The van der Waals surface area contributed by atoms with Gasteiger partial charge in [0, 0.05) is 19.3 Å². The molecule has 0 saturated carbocycles. The number of aromatic nitrogens is 1. The summed E-state index contributed by atoms with van der Waals surface area (Å²) in [7, 11) is 0. The molecule has 22 heavy (non-hydrogen) atoms. The zero-order valence-corrected chi connectivity index (χ0v) is 13.3. The van der Waals surface area contributed by atoms with Crippen molar-refractivity contribution in [3.63, 3.8) is 0 Å². The molecule has 1 aliphatic heterocycles. The number of carbonyl (C=O) groups is 1. The average molecular weight is 301 g/mol. The molecule has 1 fully saturated rings. The molecule has 1 aromatic rings. The Morgan fingerprint density at radius 2 is 2.09 bits per heavy atom. The maximum Gasteiger partial charge on any atom is 0.254 e. The predicted molar refractivity (Wildman–Crippen MR) is 86.9 cm³/mol. The zero-order valence-electron chi connectivity index (χ0n) is 13.3. The number of ether oxygens (including phenoxy) is 1. The monoisotopic (exact) mass is 301 g/mol. The van der Waals surface area contributed by atoms with Crippen molar-refractivity contribution >= 4 is 11.7 Å². The second-order valence-electron chi connectivity index (χ2n) is 5.39. The summed E-state index contributed by atoms with van der Waals surface area (Å²) in [5.41, 5.74) is -0.0569. The van der Waals surface area contributed by atoms with Crippen molar-refractivity contribution in [2.75, 3.05) is 31.2 Å². The van der Waals surface area contributed by atoms with Crippen LogP contribution in [0.1, 0.15) is 37.0 Å². The largest absolute Gasteiger partial charge is 0.378 e. The Morgan fingerprint density at radius 3 is 2.59 bits per heavy atom. The van der Waals surface area contributed by atoms with Crippen LogP contribution in [-0.2, 0) is 4.74 Å². The molecule has 0 bridgehead atoms. The van der Waals surface area contributed by atoms with Crippen LogP contribution in [0.4, 0.5) is 5.82 Å². The van der Waals surface area contributed by atoms with Crippen LogP contribution in [0.5, 0.6) is 0 Å². The molecule has 0 unspecified atom stereocenters. The second-order valence-corrected chi connectivity index (χ2v) is 5.39. The number of nitrogens with one attached hydrogen (secondary N) is 1. The van der Waals surface area contributed by atoms with Crippen LogP contribution in [0.2, 0.25) is 0 Å². The van der Waals surface area contributed by atoms with Crippen molar-refractivity contribution in [2.24, 2.45) is 0 Å². The van der Waals surface area contributed by atoms with Gasteiger partial charge in [-0.1, -0.05) is 19.8 Å². The van der Waals surface area contributed by atoms with E-state index in [-0.39, 0.29) is 5.91 Å². The Bertz CT molecular complexity index is 538. The van der Waals surface area contributed by atoms with Crippen molar-refractivity contribution in [1.82, 2.24) is 10.3 Å². The van der Waals surface area contributed by atoms with E-state index in [2.05, 4.69) is 21.1 Å². The van der Waals surface area contributed by atoms with Gasteiger partial charge >= 0.3 is 0 Å². The highest BCUT2D eigenvalue weighted by Crippen LogP contribution is 2.16. The molecule has 0 atom stereocenters. The van der Waals surface area contributed by atoms with Crippen LogP contribution in [0.25, 0.3) is 0 Å². The molecular formula is C17H23N3O2. The summed E-state index contributed by atoms with van der Waals surface area (Å²) < 4.78 is 5.32. The van der Waals surface area contributed by atoms with Gasteiger partial charge in [0.25, 0.3) is 5.91 Å². The topological polar surface area (TPSA) is 54.5 Å². The number of nitrogens with zero attached hydrogens (tertiary/aromatic N) is 2. The molecule has 118 valence electrons. The predicted octanol–water partition coefficient (Wildman–Crippen LogP) is 1.84. The van der Waals surface area contributed by atoms with E-state index in [0.717, 1.165) is 18.9 Å². The van der Waals surface area contributed by atoms with Crippen molar-refractivity contribution in [3.8, 4) is 12.3 Å². The number of terminal acetylenes is 1. The number of amides is 1. The van der Waals surface area contributed by atoms with Gasteiger partial charge in [0.2, 0.25) is 0 Å². The molecule has 5 heteroatoms. The first-order chi connectivity index (χ1) is 10.6. The van der Waals surface area contributed by atoms with Crippen LogP contribution >= 0.6 is 0 Å². The minimum absolute atomic E-state index is 0.178. The lowest BCUT2D eigenvalue weighted by atomic mass is 9.93. The van der Waals surface area contributed by atoms with Gasteiger partial charge in [-0.2, -0.15) is 0 Å². The lowest BCUT2D eigenvalue weighted by Crippen LogP contribution is -2.46. The van der Waals surface area contributed by atoms with Crippen molar-refractivity contribution in [3.05, 3.63) is 23.9 Å². The molecule has 1 amide bonds. The fourth-order valence-corrected chi connectivity index (χ4v) is 2.46. The highest BCUT2D eigenvalue weighted by Gasteiger charge is 2.26. The lowest BCUT2D eigenvalue weighted by Gasteiger charge is -2.28. The van der Waals surface area contributed by atoms with Crippen LogP contribution in [-0.4, -0.2) is 42.7 Å². The van der Waals surface area contributed by atoms with Gasteiger partial charge in [-0.15, -0.1) is 6.42 Å². The number of pyridine rings is 1. The van der Waals surface area contributed by atoms with Gasteiger partial charge in [-0.05, 0) is 25.0 Å². The maximum absolute atomic E-state index is 12.3. The van der Waals surface area contributed by atoms with E-state index in [9.17, 15) is 4.79 Å². The second kappa shape index (κ2) is 7.28. The number of hydrogen-bond acceptors (Lipinski definition) is 4. The molecular weight excluding hydrogens is 278 g/mol. The quantitative estimate of drug-likeness (QED) is 0.843. The first kappa shape index (κ1) is 16.3. The molecule has 0 aliphatic carbocycles. The van der Waals surface area contributed by atoms with Gasteiger partial charge < -0.3 is 15.0 Å². The van der Waals surface area contributed by atoms with E-state index in [1.165, 1.54) is 0 Å². The fraction of sp³-hybridized carbons (Fsp3) is 0.529. The third-order valence-corrected chi connectivity index (χ3v) is 4.18. The van der Waals surface area contributed by atoms with Gasteiger partial charge in [0.1, 0.15) is 11.4 Å². The summed E-state index contributed by atoms with van der Waals surface area (Å²) in [4.78, 5) is 18.9. The van der Waals surface area contributed by atoms with E-state index >= 15 is 0 Å². The summed E-state index contributed by atoms with van der Waals surface area (Å²) in [6.45, 7) is 7.02. The number of carbonyl (C=O) groups excluding carboxylic acids is 1. The van der Waals surface area contributed by atoms with Gasteiger partial charge in [-0.3, -0.25) is 4.79 Å². The first-order valence-corrected chi connectivity index (χ1v) is 7.73. The van der Waals surface area contributed by atoms with Crippen LogP contribution < -0.4 is 10.2 Å². The Morgan fingerprint density at radius 1 is 1.41 bits per heavy atom. The van der Waals surface area contributed by atoms with E-state index in [4.69, 9.17) is 11.2 Å². The smallest absolute Gasteiger partial charge is 0.254 e. The van der Waals surface area contributed by atoms with E-state index in [1.807, 2.05) is 19.9 Å². The molecule has 5 nitrogen and oxygen atoms in total. The van der Waals surface area contributed by atoms with Crippen molar-refractivity contribution < 1.29 is 9.53 Å². The van der Waals surface area contributed by atoms with Crippen LogP contribution in [0.3, 0.4) is 0 Å². The Balaban J connectivity index is 2.06. The molecule has 1 aliphatic rings. The molecule has 2 heterocycles. The molecule has 1 N–H and O–H groups in total. The average Bonchev–Trinajstić information content (AvgIpc) is 2.60. The molecule has 0 radical (unpaired) electrons. The number of morpholine rings is 1. The van der Waals surface area contributed by atoms with Gasteiger partial charge in [0.15, 0.2) is 0 Å². The normalized spacial score (nSPS) is 15.2. The zero-order chi connectivity index (χ0) is 16.0. The van der Waals surface area contributed by atoms with Gasteiger partial charge in [0.05, 0.1) is 18.8 Å². The summed E-state index contributed by atoms with van der Waals surface area (Å²) in [5, 5.41) is 2.95. The van der Waals surface area contributed by atoms with E-state index in [0.29, 0.717) is 31.6 Å². The van der Waals surface area contributed by atoms with Crippen LogP contribution in [0, 0.1) is 12.3 Å². The fourth-order valence-electron chi connectivity index (χ4n) is 2.46. The minimum atomic E-state index is -0.583. The number of anilines is 1. The van der Waals surface area contributed by atoms with E-state index in [1.54, 1.807) is 12.3 Å². The SMILES string of the molecule is C#CC(CC)(CC)NC(=O)c1ccc(N2CCOCC2)nc1. The summed E-state index contributed by atoms with van der Waals surface area (Å²) in [6, 6.07) is 3.66. The lowest BCUT2D eigenvalue weighted by molar-refractivity contribution is 0.0916. The summed E-state index contributed by atoms with van der Waals surface area (Å²) in [6.07, 6.45) is 8.58. The molecule has 1 saturated heterocycles. The third kappa shape index (κ3) is 3.58. The summed E-state index contributed by atoms with van der Waals surface area (Å²) >= 11 is 0.